The molecule has 1 aliphatic carbocycles. The number of para-hydroxylation sites is 1. The largest absolute Gasteiger partial charge is 0.481 e. The topological polar surface area (TPSA) is 105 Å². The van der Waals surface area contributed by atoms with Gasteiger partial charge in [-0.15, -0.1) is 0 Å². The number of piperidine rings is 2. The molecule has 3 aromatic rings. The Bertz CT molecular complexity index is 1650. The van der Waals surface area contributed by atoms with Crippen molar-refractivity contribution < 1.29 is 29.0 Å². The number of nitrogens with zero attached hydrogens (tertiary/aromatic N) is 4. The van der Waals surface area contributed by atoms with Gasteiger partial charge in [0.15, 0.2) is 0 Å². The van der Waals surface area contributed by atoms with Crippen LogP contribution in [0.15, 0.2) is 54.7 Å². The normalized spacial score (nSPS) is 20.2. The molecule has 270 valence electrons. The summed E-state index contributed by atoms with van der Waals surface area (Å²) in [4.78, 5) is 45.8. The molecule has 1 saturated carbocycles. The lowest BCUT2D eigenvalue weighted by Gasteiger charge is -2.41. The van der Waals surface area contributed by atoms with Crippen LogP contribution >= 0.6 is 0 Å². The van der Waals surface area contributed by atoms with Crippen molar-refractivity contribution in [3.8, 4) is 0 Å². The molecule has 0 spiro atoms. The number of carboxylic acids is 1. The Morgan fingerprint density at radius 1 is 0.960 bits per heavy atom. The molecule has 2 atom stereocenters. The van der Waals surface area contributed by atoms with E-state index in [2.05, 4.69) is 69.1 Å². The summed E-state index contributed by atoms with van der Waals surface area (Å²) < 4.78 is 13.4. The zero-order chi connectivity index (χ0) is 35.4. The second kappa shape index (κ2) is 15.5. The van der Waals surface area contributed by atoms with Gasteiger partial charge in [-0.3, -0.25) is 9.59 Å². The lowest BCUT2D eigenvalue weighted by Crippen LogP contribution is -2.51. The number of ether oxygens (including phenoxy) is 2. The maximum atomic E-state index is 15.0. The molecule has 3 fully saturated rings. The number of carbonyl (C=O) groups is 3. The van der Waals surface area contributed by atoms with Gasteiger partial charge in [0.1, 0.15) is 5.60 Å². The van der Waals surface area contributed by atoms with Crippen LogP contribution in [-0.4, -0.2) is 89.0 Å². The van der Waals surface area contributed by atoms with E-state index in [1.54, 1.807) is 12.0 Å². The van der Waals surface area contributed by atoms with Crippen molar-refractivity contribution in [1.82, 2.24) is 14.4 Å². The van der Waals surface area contributed by atoms with Gasteiger partial charge in [-0.1, -0.05) is 30.3 Å². The molecule has 0 bridgehead atoms. The SMILES string of the molecule is COCCCn1cc(CN(C(=O)C2CN(C(=O)OC(C)(C)C)CC[C@@H]2c2cccc(N3CCC(CC(=O)O)CC3)c2)C2CC2)c2ccccc21. The second-order valence-corrected chi connectivity index (χ2v) is 15.5. The Hall–Kier alpha value is -4.05. The first-order valence-electron chi connectivity index (χ1n) is 18.4. The number of aryl methyl sites for hydroxylation is 1. The molecule has 10 nitrogen and oxygen atoms in total. The average Bonchev–Trinajstić information content (AvgIpc) is 3.88. The predicted octanol–water partition coefficient (Wildman–Crippen LogP) is 6.90. The van der Waals surface area contributed by atoms with E-state index >= 15 is 0 Å². The summed E-state index contributed by atoms with van der Waals surface area (Å²) in [6.45, 7) is 10.1. The highest BCUT2D eigenvalue weighted by molar-refractivity contribution is 5.86. The van der Waals surface area contributed by atoms with Crippen molar-refractivity contribution in [2.24, 2.45) is 11.8 Å². The zero-order valence-corrected chi connectivity index (χ0v) is 30.2. The molecule has 10 heteroatoms. The summed E-state index contributed by atoms with van der Waals surface area (Å²) in [7, 11) is 1.73. The number of anilines is 1. The van der Waals surface area contributed by atoms with Crippen LogP contribution < -0.4 is 4.90 Å². The van der Waals surface area contributed by atoms with E-state index in [0.717, 1.165) is 74.1 Å². The van der Waals surface area contributed by atoms with Gasteiger partial charge >= 0.3 is 12.1 Å². The van der Waals surface area contributed by atoms with E-state index in [-0.39, 0.29) is 36.3 Å². The number of benzene rings is 2. The Morgan fingerprint density at radius 2 is 1.72 bits per heavy atom. The maximum absolute atomic E-state index is 15.0. The minimum absolute atomic E-state index is 0.0534. The monoisotopic (exact) mass is 686 g/mol. The van der Waals surface area contributed by atoms with Crippen molar-refractivity contribution in [1.29, 1.82) is 0 Å². The molecule has 50 heavy (non-hydrogen) atoms. The highest BCUT2D eigenvalue weighted by Crippen LogP contribution is 2.40. The molecule has 1 unspecified atom stereocenters. The van der Waals surface area contributed by atoms with Crippen molar-refractivity contribution in [2.75, 3.05) is 44.8 Å². The van der Waals surface area contributed by atoms with Gasteiger partial charge < -0.3 is 33.8 Å². The van der Waals surface area contributed by atoms with Crippen molar-refractivity contribution >= 4 is 34.6 Å². The minimum atomic E-state index is -0.730. The predicted molar refractivity (Wildman–Crippen MR) is 194 cm³/mol. The summed E-state index contributed by atoms with van der Waals surface area (Å²) in [6, 6.07) is 17.2. The Kier molecular flexibility index (Phi) is 11.1. The first kappa shape index (κ1) is 35.8. The molecule has 3 aliphatic rings. The van der Waals surface area contributed by atoms with Crippen LogP contribution in [0.25, 0.3) is 10.9 Å². The third kappa shape index (κ3) is 8.63. The van der Waals surface area contributed by atoms with Crippen LogP contribution in [0.2, 0.25) is 0 Å². The van der Waals surface area contributed by atoms with Crippen LogP contribution in [0.5, 0.6) is 0 Å². The van der Waals surface area contributed by atoms with Gasteiger partial charge in [0.05, 0.1) is 5.92 Å². The summed E-state index contributed by atoms with van der Waals surface area (Å²) >= 11 is 0. The van der Waals surface area contributed by atoms with Crippen LogP contribution in [0.3, 0.4) is 0 Å². The molecule has 2 aromatic carbocycles. The zero-order valence-electron chi connectivity index (χ0n) is 30.2. The number of rotatable bonds is 12. The minimum Gasteiger partial charge on any atom is -0.481 e. The molecule has 2 aliphatic heterocycles. The Morgan fingerprint density at radius 3 is 2.42 bits per heavy atom. The van der Waals surface area contributed by atoms with E-state index in [9.17, 15) is 19.5 Å². The van der Waals surface area contributed by atoms with E-state index in [0.29, 0.717) is 32.7 Å². The van der Waals surface area contributed by atoms with Crippen LogP contribution in [0.4, 0.5) is 10.5 Å². The second-order valence-electron chi connectivity index (χ2n) is 15.5. The number of likely N-dealkylation sites (tertiary alicyclic amines) is 1. The van der Waals surface area contributed by atoms with Gasteiger partial charge in [-0.05, 0) is 100 Å². The Balaban J connectivity index is 1.27. The first-order valence-corrected chi connectivity index (χ1v) is 18.4. The van der Waals surface area contributed by atoms with Crippen LogP contribution in [-0.2, 0) is 32.2 Å². The smallest absolute Gasteiger partial charge is 0.410 e. The molecule has 2 saturated heterocycles. The van der Waals surface area contributed by atoms with Gasteiger partial charge in [0, 0.05) is 88.2 Å². The average molecular weight is 687 g/mol. The summed E-state index contributed by atoms with van der Waals surface area (Å²) in [6.07, 6.45) is 7.30. The quantitative estimate of drug-likeness (QED) is 0.207. The van der Waals surface area contributed by atoms with Gasteiger partial charge in [-0.2, -0.15) is 0 Å². The summed E-state index contributed by atoms with van der Waals surface area (Å²) in [5, 5.41) is 10.4. The molecule has 0 radical (unpaired) electrons. The van der Waals surface area contributed by atoms with Crippen LogP contribution in [0, 0.1) is 11.8 Å². The first-order chi connectivity index (χ1) is 24.0. The lowest BCUT2D eigenvalue weighted by atomic mass is 9.79. The molecule has 3 heterocycles. The van der Waals surface area contributed by atoms with E-state index in [1.165, 1.54) is 5.39 Å². The van der Waals surface area contributed by atoms with Gasteiger partial charge in [-0.25, -0.2) is 4.79 Å². The lowest BCUT2D eigenvalue weighted by molar-refractivity contribution is -0.139. The maximum Gasteiger partial charge on any atom is 0.410 e. The van der Waals surface area contributed by atoms with Gasteiger partial charge in [0.2, 0.25) is 5.91 Å². The molecule has 1 N–H and O–H groups in total. The molecule has 2 amide bonds. The van der Waals surface area contributed by atoms with Crippen molar-refractivity contribution in [3.63, 3.8) is 0 Å². The molecule has 6 rings (SSSR count). The number of amides is 2. The highest BCUT2D eigenvalue weighted by Gasteiger charge is 2.43. The number of carboxylic acid groups (broad SMARTS) is 1. The number of carbonyl (C=O) groups excluding carboxylic acids is 2. The fourth-order valence-corrected chi connectivity index (χ4v) is 7.87. The fourth-order valence-electron chi connectivity index (χ4n) is 7.87. The fraction of sp³-hybridized carbons (Fsp3) is 0.575. The Labute approximate surface area is 296 Å². The number of fused-ring (bicyclic) bond motifs is 1. The number of hydrogen-bond donors (Lipinski definition) is 1. The number of aliphatic carboxylic acids is 1. The summed E-state index contributed by atoms with van der Waals surface area (Å²) in [5.74, 6) is -0.890. The van der Waals surface area contributed by atoms with E-state index in [4.69, 9.17) is 9.47 Å². The summed E-state index contributed by atoms with van der Waals surface area (Å²) in [5.41, 5.74) is 3.90. The van der Waals surface area contributed by atoms with Crippen LogP contribution in [0.1, 0.15) is 82.8 Å². The molecular formula is C40H54N4O6. The molecular weight excluding hydrogens is 632 g/mol. The standard InChI is InChI=1S/C40H54N4O6/c1-40(2,3)50-39(48)43-21-17-33(29-9-7-10-32(24-29)41-19-15-28(16-20-41)23-37(45)46)35(27-43)38(47)44(31-13-14-31)26-30-25-42(18-8-22-49-4)36-12-6-5-11-34(30)36/h5-7,9-12,24-25,28,31,33,35H,8,13-23,26-27H2,1-4H3,(H,45,46)/t33-,35?/m1/s1. The van der Waals surface area contributed by atoms with Crippen molar-refractivity contribution in [2.45, 2.75) is 96.4 Å². The van der Waals surface area contributed by atoms with Gasteiger partial charge in [0.25, 0.3) is 0 Å². The third-order valence-electron chi connectivity index (χ3n) is 10.6. The molecule has 1 aromatic heterocycles. The number of methoxy groups -OCH3 is 1. The number of hydrogen-bond acceptors (Lipinski definition) is 6. The van der Waals surface area contributed by atoms with E-state index < -0.39 is 17.5 Å². The highest BCUT2D eigenvalue weighted by atomic mass is 16.6. The third-order valence-corrected chi connectivity index (χ3v) is 10.6. The number of aromatic nitrogens is 1. The van der Waals surface area contributed by atoms with Crippen molar-refractivity contribution in [3.05, 3.63) is 65.9 Å². The van der Waals surface area contributed by atoms with E-state index in [1.807, 2.05) is 20.8 Å².